The van der Waals surface area contributed by atoms with Gasteiger partial charge >= 0.3 is 6.18 Å². The van der Waals surface area contributed by atoms with Crippen LogP contribution in [0.5, 0.6) is 0 Å². The Bertz CT molecular complexity index is 533. The second-order valence-corrected chi connectivity index (χ2v) is 4.79. The standard InChI is InChI=1S/C12H10F3NOS/c1-7-4-5-18-11(7)10(17)9-3-2-8(6-16-9)12(13,14)15/h2-6,10,17H,1H3. The van der Waals surface area contributed by atoms with E-state index in [9.17, 15) is 18.3 Å². The number of hydrogen-bond donors (Lipinski definition) is 1. The molecule has 0 bridgehead atoms. The largest absolute Gasteiger partial charge is 0.417 e. The number of aliphatic hydroxyl groups excluding tert-OH is 1. The van der Waals surface area contributed by atoms with Crippen molar-refractivity contribution in [1.82, 2.24) is 4.98 Å². The third-order valence-corrected chi connectivity index (χ3v) is 3.62. The summed E-state index contributed by atoms with van der Waals surface area (Å²) in [5.74, 6) is 0. The molecule has 2 rings (SSSR count). The van der Waals surface area contributed by atoms with Crippen LogP contribution in [-0.4, -0.2) is 10.1 Å². The summed E-state index contributed by atoms with van der Waals surface area (Å²) in [4.78, 5) is 4.38. The summed E-state index contributed by atoms with van der Waals surface area (Å²) in [6, 6.07) is 3.97. The summed E-state index contributed by atoms with van der Waals surface area (Å²) >= 11 is 1.35. The number of rotatable bonds is 2. The van der Waals surface area contributed by atoms with Gasteiger partial charge in [0.1, 0.15) is 6.10 Å². The molecule has 0 amide bonds. The maximum atomic E-state index is 12.4. The lowest BCUT2D eigenvalue weighted by atomic mass is 10.1. The van der Waals surface area contributed by atoms with Crippen molar-refractivity contribution in [2.45, 2.75) is 19.2 Å². The first-order chi connectivity index (χ1) is 8.39. The van der Waals surface area contributed by atoms with Crippen LogP contribution in [0.1, 0.15) is 27.8 Å². The molecule has 0 aliphatic heterocycles. The van der Waals surface area contributed by atoms with Gasteiger partial charge < -0.3 is 5.11 Å². The van der Waals surface area contributed by atoms with Gasteiger partial charge in [-0.1, -0.05) is 0 Å². The molecule has 0 spiro atoms. The average molecular weight is 273 g/mol. The minimum atomic E-state index is -4.41. The fourth-order valence-electron chi connectivity index (χ4n) is 1.53. The van der Waals surface area contributed by atoms with Crippen molar-refractivity contribution in [1.29, 1.82) is 0 Å². The van der Waals surface area contributed by atoms with Gasteiger partial charge in [-0.2, -0.15) is 13.2 Å². The van der Waals surface area contributed by atoms with E-state index in [1.807, 2.05) is 18.4 Å². The molecular weight excluding hydrogens is 263 g/mol. The molecule has 1 unspecified atom stereocenters. The van der Waals surface area contributed by atoms with Gasteiger partial charge in [0.05, 0.1) is 11.3 Å². The molecule has 6 heteroatoms. The van der Waals surface area contributed by atoms with Crippen molar-refractivity contribution in [2.24, 2.45) is 0 Å². The van der Waals surface area contributed by atoms with E-state index in [0.717, 1.165) is 17.8 Å². The van der Waals surface area contributed by atoms with Crippen molar-refractivity contribution in [3.63, 3.8) is 0 Å². The maximum Gasteiger partial charge on any atom is 0.417 e. The molecule has 0 aliphatic carbocycles. The van der Waals surface area contributed by atoms with Crippen molar-refractivity contribution in [3.05, 3.63) is 51.5 Å². The molecule has 0 aliphatic rings. The van der Waals surface area contributed by atoms with Crippen molar-refractivity contribution in [3.8, 4) is 0 Å². The predicted molar refractivity (Wildman–Crippen MR) is 62.4 cm³/mol. The zero-order valence-electron chi connectivity index (χ0n) is 9.40. The molecule has 0 fully saturated rings. The first kappa shape index (κ1) is 13.0. The van der Waals surface area contributed by atoms with Gasteiger partial charge in [-0.3, -0.25) is 4.98 Å². The van der Waals surface area contributed by atoms with Crippen molar-refractivity contribution < 1.29 is 18.3 Å². The highest BCUT2D eigenvalue weighted by atomic mass is 32.1. The normalized spacial score (nSPS) is 13.6. The highest BCUT2D eigenvalue weighted by molar-refractivity contribution is 7.10. The van der Waals surface area contributed by atoms with Gasteiger partial charge in [0.25, 0.3) is 0 Å². The second kappa shape index (κ2) is 4.70. The Labute approximate surface area is 106 Å². The fraction of sp³-hybridized carbons (Fsp3) is 0.250. The van der Waals surface area contributed by atoms with Crippen LogP contribution in [-0.2, 0) is 6.18 Å². The molecule has 0 saturated heterocycles. The van der Waals surface area contributed by atoms with E-state index in [1.165, 1.54) is 17.4 Å². The summed E-state index contributed by atoms with van der Waals surface area (Å²) in [6.45, 7) is 1.83. The van der Waals surface area contributed by atoms with Gasteiger partial charge in [0.2, 0.25) is 0 Å². The maximum absolute atomic E-state index is 12.4. The third-order valence-electron chi connectivity index (χ3n) is 2.54. The molecule has 18 heavy (non-hydrogen) atoms. The third kappa shape index (κ3) is 2.54. The van der Waals surface area contributed by atoms with Crippen molar-refractivity contribution >= 4 is 11.3 Å². The summed E-state index contributed by atoms with van der Waals surface area (Å²) in [6.07, 6.45) is -4.65. The minimum absolute atomic E-state index is 0.216. The molecule has 2 heterocycles. The number of alkyl halides is 3. The Hall–Kier alpha value is -1.40. The quantitative estimate of drug-likeness (QED) is 0.907. The lowest BCUT2D eigenvalue weighted by molar-refractivity contribution is -0.137. The highest BCUT2D eigenvalue weighted by Gasteiger charge is 2.31. The number of pyridine rings is 1. The SMILES string of the molecule is Cc1ccsc1C(O)c1ccc(C(F)(F)F)cn1. The van der Waals surface area contributed by atoms with Gasteiger partial charge in [-0.25, -0.2) is 0 Å². The molecule has 96 valence electrons. The molecule has 2 nitrogen and oxygen atoms in total. The zero-order valence-corrected chi connectivity index (χ0v) is 10.2. The van der Waals surface area contributed by atoms with E-state index in [2.05, 4.69) is 4.98 Å². The molecular formula is C12H10F3NOS. The molecule has 2 aromatic rings. The van der Waals surface area contributed by atoms with E-state index < -0.39 is 17.8 Å². The summed E-state index contributed by atoms with van der Waals surface area (Å²) in [7, 11) is 0. The topological polar surface area (TPSA) is 33.1 Å². The van der Waals surface area contributed by atoms with Crippen LogP contribution in [0.15, 0.2) is 29.8 Å². The zero-order chi connectivity index (χ0) is 13.3. The van der Waals surface area contributed by atoms with Gasteiger partial charge in [-0.05, 0) is 36.1 Å². The molecule has 2 aromatic heterocycles. The first-order valence-electron chi connectivity index (χ1n) is 5.15. The van der Waals surface area contributed by atoms with Crippen LogP contribution in [0.4, 0.5) is 13.2 Å². The lowest BCUT2D eigenvalue weighted by Crippen LogP contribution is -2.08. The van der Waals surface area contributed by atoms with Crippen LogP contribution in [0.3, 0.4) is 0 Å². The Balaban J connectivity index is 2.28. The Kier molecular flexibility index (Phi) is 3.41. The van der Waals surface area contributed by atoms with E-state index >= 15 is 0 Å². The van der Waals surface area contributed by atoms with E-state index in [0.29, 0.717) is 4.88 Å². The van der Waals surface area contributed by atoms with E-state index in [1.54, 1.807) is 0 Å². The molecule has 0 saturated carbocycles. The van der Waals surface area contributed by atoms with Gasteiger partial charge in [-0.15, -0.1) is 11.3 Å². The molecule has 1 N–H and O–H groups in total. The summed E-state index contributed by atoms with van der Waals surface area (Å²) < 4.78 is 37.1. The number of thiophene rings is 1. The van der Waals surface area contributed by atoms with E-state index in [4.69, 9.17) is 0 Å². The van der Waals surface area contributed by atoms with Gasteiger partial charge in [0, 0.05) is 11.1 Å². The first-order valence-corrected chi connectivity index (χ1v) is 6.03. The Morgan fingerprint density at radius 3 is 2.44 bits per heavy atom. The average Bonchev–Trinajstić information content (AvgIpc) is 2.73. The second-order valence-electron chi connectivity index (χ2n) is 3.84. The number of aliphatic hydroxyl groups is 1. The lowest BCUT2D eigenvalue weighted by Gasteiger charge is -2.11. The van der Waals surface area contributed by atoms with E-state index in [-0.39, 0.29) is 5.69 Å². The van der Waals surface area contributed by atoms with Crippen LogP contribution >= 0.6 is 11.3 Å². The summed E-state index contributed by atoms with van der Waals surface area (Å²) in [5.41, 5.74) is 0.295. The van der Waals surface area contributed by atoms with Crippen LogP contribution < -0.4 is 0 Å². The number of aromatic nitrogens is 1. The number of hydrogen-bond acceptors (Lipinski definition) is 3. The van der Waals surface area contributed by atoms with Crippen LogP contribution in [0, 0.1) is 6.92 Å². The monoisotopic (exact) mass is 273 g/mol. The van der Waals surface area contributed by atoms with Gasteiger partial charge in [0.15, 0.2) is 0 Å². The molecule has 0 aromatic carbocycles. The number of halogens is 3. The minimum Gasteiger partial charge on any atom is -0.381 e. The number of aryl methyl sites for hydroxylation is 1. The predicted octanol–water partition coefficient (Wildman–Crippen LogP) is 3.55. The molecule has 0 radical (unpaired) electrons. The molecule has 1 atom stereocenters. The highest BCUT2D eigenvalue weighted by Crippen LogP contribution is 2.31. The number of nitrogens with zero attached hydrogens (tertiary/aromatic N) is 1. The Morgan fingerprint density at radius 2 is 2.00 bits per heavy atom. The Morgan fingerprint density at radius 1 is 1.28 bits per heavy atom. The smallest absolute Gasteiger partial charge is 0.381 e. The summed E-state index contributed by atoms with van der Waals surface area (Å²) in [5, 5.41) is 11.8. The van der Waals surface area contributed by atoms with Crippen molar-refractivity contribution in [2.75, 3.05) is 0 Å². The van der Waals surface area contributed by atoms with Crippen LogP contribution in [0.25, 0.3) is 0 Å². The fourth-order valence-corrected chi connectivity index (χ4v) is 2.46. The van der Waals surface area contributed by atoms with Crippen LogP contribution in [0.2, 0.25) is 0 Å².